The van der Waals surface area contributed by atoms with Gasteiger partial charge in [0.1, 0.15) is 5.69 Å². The standard InChI is InChI=1S/C20H27N3O2/c1-23-14-17(19(22-23)16-9-3-2-4-10-16)20(25)21-13-7-11-15-8-5-6-12-18(15)24/h2-4,9-10,14-15,18,24H,5-8,11-13H2,1H3,(H,21,25). The lowest BCUT2D eigenvalue weighted by atomic mass is 9.83. The van der Waals surface area contributed by atoms with Gasteiger partial charge in [-0.3, -0.25) is 9.48 Å². The first-order valence-electron chi connectivity index (χ1n) is 9.20. The highest BCUT2D eigenvalue weighted by Crippen LogP contribution is 2.27. The summed E-state index contributed by atoms with van der Waals surface area (Å²) in [5.41, 5.74) is 2.26. The van der Waals surface area contributed by atoms with Crippen molar-refractivity contribution < 1.29 is 9.90 Å². The average Bonchev–Trinajstić information content (AvgIpc) is 3.03. The molecule has 2 atom stereocenters. The number of hydrogen-bond donors (Lipinski definition) is 2. The predicted molar refractivity (Wildman–Crippen MR) is 98.2 cm³/mol. The minimum atomic E-state index is -0.160. The van der Waals surface area contributed by atoms with Gasteiger partial charge in [0.15, 0.2) is 0 Å². The molecule has 1 aliphatic rings. The Bertz CT molecular complexity index is 696. The van der Waals surface area contributed by atoms with E-state index in [1.165, 1.54) is 6.42 Å². The summed E-state index contributed by atoms with van der Waals surface area (Å²) in [7, 11) is 1.83. The van der Waals surface area contributed by atoms with E-state index in [1.807, 2.05) is 37.4 Å². The molecule has 134 valence electrons. The number of carbonyl (C=O) groups excluding carboxylic acids is 1. The van der Waals surface area contributed by atoms with Crippen molar-refractivity contribution in [1.29, 1.82) is 0 Å². The van der Waals surface area contributed by atoms with Crippen molar-refractivity contribution in [2.75, 3.05) is 6.54 Å². The Morgan fingerprint density at radius 1 is 1.28 bits per heavy atom. The van der Waals surface area contributed by atoms with E-state index in [2.05, 4.69) is 10.4 Å². The third-order valence-corrected chi connectivity index (χ3v) is 5.03. The summed E-state index contributed by atoms with van der Waals surface area (Å²) in [6.07, 6.45) is 7.86. The van der Waals surface area contributed by atoms with E-state index in [4.69, 9.17) is 0 Å². The first-order valence-corrected chi connectivity index (χ1v) is 9.20. The summed E-state index contributed by atoms with van der Waals surface area (Å²) in [5, 5.41) is 17.5. The highest BCUT2D eigenvalue weighted by atomic mass is 16.3. The molecule has 25 heavy (non-hydrogen) atoms. The highest BCUT2D eigenvalue weighted by Gasteiger charge is 2.22. The number of nitrogens with zero attached hydrogens (tertiary/aromatic N) is 2. The fraction of sp³-hybridized carbons (Fsp3) is 0.500. The number of rotatable bonds is 6. The fourth-order valence-electron chi connectivity index (χ4n) is 3.65. The van der Waals surface area contributed by atoms with Crippen LogP contribution in [0.5, 0.6) is 0 Å². The molecule has 0 radical (unpaired) electrons. The van der Waals surface area contributed by atoms with Gasteiger partial charge in [-0.1, -0.05) is 43.2 Å². The van der Waals surface area contributed by atoms with Crippen molar-refractivity contribution in [3.8, 4) is 11.3 Å². The Labute approximate surface area is 149 Å². The first-order chi connectivity index (χ1) is 12.1. The molecular formula is C20H27N3O2. The highest BCUT2D eigenvalue weighted by molar-refractivity contribution is 5.99. The number of hydrogen-bond acceptors (Lipinski definition) is 3. The Balaban J connectivity index is 1.55. The van der Waals surface area contributed by atoms with Crippen LogP contribution in [0.2, 0.25) is 0 Å². The van der Waals surface area contributed by atoms with Crippen LogP contribution in [0.4, 0.5) is 0 Å². The molecule has 2 N–H and O–H groups in total. The van der Waals surface area contributed by atoms with Gasteiger partial charge in [0.25, 0.3) is 5.91 Å². The van der Waals surface area contributed by atoms with Crippen LogP contribution >= 0.6 is 0 Å². The summed E-state index contributed by atoms with van der Waals surface area (Å²) in [6, 6.07) is 9.77. The minimum absolute atomic E-state index is 0.0869. The van der Waals surface area contributed by atoms with Crippen LogP contribution in [0.3, 0.4) is 0 Å². The molecule has 1 fully saturated rings. The van der Waals surface area contributed by atoms with Crippen LogP contribution in [-0.4, -0.2) is 33.4 Å². The second-order valence-corrected chi connectivity index (χ2v) is 6.94. The van der Waals surface area contributed by atoms with Crippen LogP contribution in [0, 0.1) is 5.92 Å². The molecule has 0 spiro atoms. The van der Waals surface area contributed by atoms with Crippen LogP contribution < -0.4 is 5.32 Å². The topological polar surface area (TPSA) is 67.2 Å². The maximum Gasteiger partial charge on any atom is 0.255 e. The smallest absolute Gasteiger partial charge is 0.255 e. The molecule has 2 aromatic rings. The molecule has 1 heterocycles. The van der Waals surface area contributed by atoms with Gasteiger partial charge >= 0.3 is 0 Å². The molecule has 1 aliphatic carbocycles. The number of aliphatic hydroxyl groups is 1. The fourth-order valence-corrected chi connectivity index (χ4v) is 3.65. The van der Waals surface area contributed by atoms with Crippen LogP contribution in [0.15, 0.2) is 36.5 Å². The van der Waals surface area contributed by atoms with Crippen molar-refractivity contribution in [1.82, 2.24) is 15.1 Å². The molecule has 5 nitrogen and oxygen atoms in total. The third kappa shape index (κ3) is 4.48. The van der Waals surface area contributed by atoms with E-state index in [0.717, 1.165) is 37.7 Å². The van der Waals surface area contributed by atoms with Crippen molar-refractivity contribution in [2.24, 2.45) is 13.0 Å². The van der Waals surface area contributed by atoms with Gasteiger partial charge < -0.3 is 10.4 Å². The largest absolute Gasteiger partial charge is 0.393 e. The molecule has 1 amide bonds. The zero-order valence-electron chi connectivity index (χ0n) is 14.8. The number of aryl methyl sites for hydroxylation is 1. The van der Waals surface area contributed by atoms with E-state index >= 15 is 0 Å². The number of amides is 1. The van der Waals surface area contributed by atoms with E-state index in [1.54, 1.807) is 10.9 Å². The molecule has 0 saturated heterocycles. The maximum absolute atomic E-state index is 12.6. The van der Waals surface area contributed by atoms with Gasteiger partial charge in [0, 0.05) is 25.4 Å². The Morgan fingerprint density at radius 3 is 2.80 bits per heavy atom. The maximum atomic E-state index is 12.6. The third-order valence-electron chi connectivity index (χ3n) is 5.03. The van der Waals surface area contributed by atoms with Crippen LogP contribution in [0.1, 0.15) is 48.9 Å². The number of aromatic nitrogens is 2. The van der Waals surface area contributed by atoms with Gasteiger partial charge in [-0.25, -0.2) is 0 Å². The Hall–Kier alpha value is -2.14. The van der Waals surface area contributed by atoms with Crippen molar-refractivity contribution >= 4 is 5.91 Å². The summed E-state index contributed by atoms with van der Waals surface area (Å²) in [4.78, 5) is 12.6. The van der Waals surface area contributed by atoms with Gasteiger partial charge in [-0.15, -0.1) is 0 Å². The molecule has 1 aromatic heterocycles. The lowest BCUT2D eigenvalue weighted by molar-refractivity contribution is 0.0641. The summed E-state index contributed by atoms with van der Waals surface area (Å²) in [6.45, 7) is 0.630. The SMILES string of the molecule is Cn1cc(C(=O)NCCCC2CCCCC2O)c(-c2ccccc2)n1. The molecule has 1 aromatic carbocycles. The molecule has 1 saturated carbocycles. The average molecular weight is 341 g/mol. The number of benzene rings is 1. The molecule has 3 rings (SSSR count). The summed E-state index contributed by atoms with van der Waals surface area (Å²) in [5.74, 6) is 0.306. The van der Waals surface area contributed by atoms with Gasteiger partial charge in [0.2, 0.25) is 0 Å². The quantitative estimate of drug-likeness (QED) is 0.793. The van der Waals surface area contributed by atoms with Gasteiger partial charge in [-0.05, 0) is 31.6 Å². The summed E-state index contributed by atoms with van der Waals surface area (Å²) >= 11 is 0. The van der Waals surface area contributed by atoms with Crippen LogP contribution in [0.25, 0.3) is 11.3 Å². The van der Waals surface area contributed by atoms with Crippen LogP contribution in [-0.2, 0) is 7.05 Å². The van der Waals surface area contributed by atoms with E-state index in [9.17, 15) is 9.90 Å². The molecule has 5 heteroatoms. The first kappa shape index (κ1) is 17.7. The number of aliphatic hydroxyl groups excluding tert-OH is 1. The van der Waals surface area contributed by atoms with Crippen molar-refractivity contribution in [2.45, 2.75) is 44.6 Å². The second kappa shape index (κ2) is 8.30. The molecule has 0 bridgehead atoms. The molecule has 2 unspecified atom stereocenters. The van der Waals surface area contributed by atoms with Crippen molar-refractivity contribution in [3.63, 3.8) is 0 Å². The normalized spacial score (nSPS) is 20.4. The Morgan fingerprint density at radius 2 is 2.04 bits per heavy atom. The van der Waals surface area contributed by atoms with E-state index < -0.39 is 0 Å². The van der Waals surface area contributed by atoms with Crippen molar-refractivity contribution in [3.05, 3.63) is 42.1 Å². The number of carbonyl (C=O) groups is 1. The zero-order chi connectivity index (χ0) is 17.6. The predicted octanol–water partition coefficient (Wildman–Crippen LogP) is 3.15. The Kier molecular flexibility index (Phi) is 5.87. The van der Waals surface area contributed by atoms with Gasteiger partial charge in [0.05, 0.1) is 11.7 Å². The zero-order valence-corrected chi connectivity index (χ0v) is 14.8. The van der Waals surface area contributed by atoms with E-state index in [0.29, 0.717) is 23.7 Å². The summed E-state index contributed by atoms with van der Waals surface area (Å²) < 4.78 is 1.68. The van der Waals surface area contributed by atoms with Gasteiger partial charge in [-0.2, -0.15) is 5.10 Å². The minimum Gasteiger partial charge on any atom is -0.393 e. The number of nitrogens with one attached hydrogen (secondary N) is 1. The lowest BCUT2D eigenvalue weighted by Gasteiger charge is -2.27. The molecule has 0 aliphatic heterocycles. The second-order valence-electron chi connectivity index (χ2n) is 6.94. The monoisotopic (exact) mass is 341 g/mol. The lowest BCUT2D eigenvalue weighted by Crippen LogP contribution is -2.28. The van der Waals surface area contributed by atoms with E-state index in [-0.39, 0.29) is 12.0 Å². The molecular weight excluding hydrogens is 314 g/mol.